The summed E-state index contributed by atoms with van der Waals surface area (Å²) >= 11 is 3.36. The zero-order valence-electron chi connectivity index (χ0n) is 10.3. The molecule has 19 heavy (non-hydrogen) atoms. The summed E-state index contributed by atoms with van der Waals surface area (Å²) in [5.74, 6) is 0.556. The number of aromatic nitrogens is 3. The van der Waals surface area contributed by atoms with Gasteiger partial charge in [-0.3, -0.25) is 0 Å². The number of hydrogen-bond donors (Lipinski definition) is 1. The van der Waals surface area contributed by atoms with Crippen molar-refractivity contribution in [3.63, 3.8) is 0 Å². The molecule has 0 atom stereocenters. The van der Waals surface area contributed by atoms with Crippen LogP contribution < -0.4 is 0 Å². The molecule has 0 spiro atoms. The molecule has 0 saturated heterocycles. The van der Waals surface area contributed by atoms with E-state index < -0.39 is 0 Å². The number of hydrogen-bond acceptors (Lipinski definition) is 4. The highest BCUT2D eigenvalue weighted by atomic mass is 79.9. The van der Waals surface area contributed by atoms with E-state index in [-0.39, 0.29) is 12.4 Å². The second kappa shape index (κ2) is 6.23. The van der Waals surface area contributed by atoms with E-state index in [1.165, 1.54) is 12.1 Å². The number of nitrogens with zero attached hydrogens (tertiary/aromatic N) is 3. The van der Waals surface area contributed by atoms with Gasteiger partial charge in [0.05, 0.1) is 6.61 Å². The van der Waals surface area contributed by atoms with Crippen molar-refractivity contribution in [2.24, 2.45) is 0 Å². The van der Waals surface area contributed by atoms with Gasteiger partial charge in [0.15, 0.2) is 11.6 Å². The molecule has 2 rings (SSSR count). The maximum atomic E-state index is 13.4. The van der Waals surface area contributed by atoms with Crippen LogP contribution in [0.25, 0.3) is 11.4 Å². The lowest BCUT2D eigenvalue weighted by atomic mass is 10.2. The predicted octanol–water partition coefficient (Wildman–Crippen LogP) is 1.99. The SMILES string of the molecule is COCCn1c(CO)nnc1-c1cc(F)ccc1Br. The fourth-order valence-corrected chi connectivity index (χ4v) is 2.16. The van der Waals surface area contributed by atoms with Crippen molar-refractivity contribution in [1.29, 1.82) is 0 Å². The van der Waals surface area contributed by atoms with Gasteiger partial charge in [0, 0.05) is 23.7 Å². The Kier molecular flexibility index (Phi) is 4.62. The second-order valence-corrected chi connectivity index (χ2v) is 4.72. The third-order valence-electron chi connectivity index (χ3n) is 2.66. The minimum Gasteiger partial charge on any atom is -0.388 e. The molecule has 7 heteroatoms. The molecule has 0 unspecified atom stereocenters. The Balaban J connectivity index is 2.49. The highest BCUT2D eigenvalue weighted by Gasteiger charge is 2.16. The van der Waals surface area contributed by atoms with Crippen molar-refractivity contribution < 1.29 is 14.2 Å². The minimum absolute atomic E-state index is 0.232. The Labute approximate surface area is 118 Å². The van der Waals surface area contributed by atoms with Crippen LogP contribution >= 0.6 is 15.9 Å². The fraction of sp³-hybridized carbons (Fsp3) is 0.333. The highest BCUT2D eigenvalue weighted by Crippen LogP contribution is 2.28. The molecule has 0 amide bonds. The predicted molar refractivity (Wildman–Crippen MR) is 70.9 cm³/mol. The van der Waals surface area contributed by atoms with Gasteiger partial charge in [-0.2, -0.15) is 0 Å². The van der Waals surface area contributed by atoms with Crippen LogP contribution in [0, 0.1) is 5.82 Å². The summed E-state index contributed by atoms with van der Waals surface area (Å²) in [5.41, 5.74) is 0.586. The monoisotopic (exact) mass is 329 g/mol. The first-order valence-corrected chi connectivity index (χ1v) is 6.44. The highest BCUT2D eigenvalue weighted by molar-refractivity contribution is 9.10. The van der Waals surface area contributed by atoms with Gasteiger partial charge in [-0.25, -0.2) is 4.39 Å². The molecule has 1 N–H and O–H groups in total. The van der Waals surface area contributed by atoms with Crippen molar-refractivity contribution in [2.75, 3.05) is 13.7 Å². The van der Waals surface area contributed by atoms with Crippen molar-refractivity contribution in [1.82, 2.24) is 14.8 Å². The largest absolute Gasteiger partial charge is 0.388 e. The molecule has 0 bridgehead atoms. The Morgan fingerprint density at radius 1 is 1.42 bits per heavy atom. The summed E-state index contributed by atoms with van der Waals surface area (Å²) < 4.78 is 20.8. The van der Waals surface area contributed by atoms with Gasteiger partial charge in [-0.1, -0.05) is 15.9 Å². The van der Waals surface area contributed by atoms with Crippen LogP contribution in [0.15, 0.2) is 22.7 Å². The Morgan fingerprint density at radius 3 is 2.89 bits per heavy atom. The Hall–Kier alpha value is -1.31. The number of aliphatic hydroxyl groups excluding tert-OH is 1. The summed E-state index contributed by atoms with van der Waals surface area (Å²) in [6.45, 7) is 0.701. The van der Waals surface area contributed by atoms with Gasteiger partial charge in [-0.05, 0) is 18.2 Å². The standard InChI is InChI=1S/C12H13BrFN3O2/c1-19-5-4-17-11(7-18)15-16-12(17)9-6-8(14)2-3-10(9)13/h2-3,6,18H,4-5,7H2,1H3. The first kappa shape index (κ1) is 14.1. The molecule has 1 aromatic heterocycles. The van der Waals surface area contributed by atoms with Gasteiger partial charge in [0.1, 0.15) is 12.4 Å². The van der Waals surface area contributed by atoms with Crippen LogP contribution in [0.5, 0.6) is 0 Å². The van der Waals surface area contributed by atoms with Gasteiger partial charge >= 0.3 is 0 Å². The van der Waals surface area contributed by atoms with Crippen molar-refractivity contribution in [3.8, 4) is 11.4 Å². The van der Waals surface area contributed by atoms with E-state index in [1.807, 2.05) is 0 Å². The molecule has 1 heterocycles. The van der Waals surface area contributed by atoms with E-state index >= 15 is 0 Å². The summed E-state index contributed by atoms with van der Waals surface area (Å²) in [5, 5.41) is 17.2. The zero-order valence-corrected chi connectivity index (χ0v) is 11.9. The van der Waals surface area contributed by atoms with Crippen molar-refractivity contribution >= 4 is 15.9 Å². The molecule has 0 aliphatic heterocycles. The fourth-order valence-electron chi connectivity index (χ4n) is 1.74. The molecular formula is C12H13BrFN3O2. The van der Waals surface area contributed by atoms with E-state index in [2.05, 4.69) is 26.1 Å². The molecule has 102 valence electrons. The molecule has 0 aliphatic rings. The maximum absolute atomic E-state index is 13.4. The average molecular weight is 330 g/mol. The van der Waals surface area contributed by atoms with Crippen LogP contribution in [0.4, 0.5) is 4.39 Å². The smallest absolute Gasteiger partial charge is 0.165 e. The van der Waals surface area contributed by atoms with Gasteiger partial charge in [0.2, 0.25) is 0 Å². The maximum Gasteiger partial charge on any atom is 0.165 e. The first-order chi connectivity index (χ1) is 9.17. The number of benzene rings is 1. The van der Waals surface area contributed by atoms with Gasteiger partial charge < -0.3 is 14.4 Å². The minimum atomic E-state index is -0.356. The molecule has 5 nitrogen and oxygen atoms in total. The topological polar surface area (TPSA) is 60.2 Å². The summed E-state index contributed by atoms with van der Waals surface area (Å²) in [6.07, 6.45) is 0. The van der Waals surface area contributed by atoms with E-state index in [0.29, 0.717) is 34.8 Å². The summed E-state index contributed by atoms with van der Waals surface area (Å²) in [4.78, 5) is 0. The van der Waals surface area contributed by atoms with E-state index in [4.69, 9.17) is 4.74 Å². The Morgan fingerprint density at radius 2 is 2.21 bits per heavy atom. The molecule has 0 aliphatic carbocycles. The van der Waals surface area contributed by atoms with Crippen LogP contribution in [0.3, 0.4) is 0 Å². The number of ether oxygens (including phenoxy) is 1. The Bertz CT molecular complexity index is 574. The van der Waals surface area contributed by atoms with E-state index in [0.717, 1.165) is 0 Å². The number of rotatable bonds is 5. The van der Waals surface area contributed by atoms with E-state index in [1.54, 1.807) is 17.7 Å². The summed E-state index contributed by atoms with van der Waals surface area (Å²) in [6, 6.07) is 4.34. The van der Waals surface area contributed by atoms with Gasteiger partial charge in [-0.15, -0.1) is 10.2 Å². The molecule has 2 aromatic rings. The van der Waals surface area contributed by atoms with Crippen LogP contribution in [0.2, 0.25) is 0 Å². The number of methoxy groups -OCH3 is 1. The zero-order chi connectivity index (χ0) is 13.8. The van der Waals surface area contributed by atoms with Crippen LogP contribution in [-0.2, 0) is 17.9 Å². The molecular weight excluding hydrogens is 317 g/mol. The average Bonchev–Trinajstić information content (AvgIpc) is 2.81. The van der Waals surface area contributed by atoms with Crippen molar-refractivity contribution in [2.45, 2.75) is 13.2 Å². The molecule has 0 radical (unpaired) electrons. The van der Waals surface area contributed by atoms with Crippen LogP contribution in [0.1, 0.15) is 5.82 Å². The molecule has 0 fully saturated rings. The van der Waals surface area contributed by atoms with Crippen LogP contribution in [-0.4, -0.2) is 33.6 Å². The molecule has 0 saturated carbocycles. The van der Waals surface area contributed by atoms with Crippen molar-refractivity contribution in [3.05, 3.63) is 34.3 Å². The third-order valence-corrected chi connectivity index (χ3v) is 3.35. The third kappa shape index (κ3) is 2.99. The number of halogens is 2. The first-order valence-electron chi connectivity index (χ1n) is 5.64. The lowest BCUT2D eigenvalue weighted by Gasteiger charge is -2.10. The van der Waals surface area contributed by atoms with Gasteiger partial charge in [0.25, 0.3) is 0 Å². The second-order valence-electron chi connectivity index (χ2n) is 3.87. The summed E-state index contributed by atoms with van der Waals surface area (Å²) in [7, 11) is 1.58. The van der Waals surface area contributed by atoms with E-state index in [9.17, 15) is 9.50 Å². The lowest BCUT2D eigenvalue weighted by molar-refractivity contribution is 0.183. The molecule has 1 aromatic carbocycles. The normalized spacial score (nSPS) is 10.9. The lowest BCUT2D eigenvalue weighted by Crippen LogP contribution is -2.10. The number of aliphatic hydroxyl groups is 1. The quantitative estimate of drug-likeness (QED) is 0.911.